The zero-order chi connectivity index (χ0) is 25.5. The van der Waals surface area contributed by atoms with Gasteiger partial charge in [-0.15, -0.1) is 0 Å². The number of hydrogen-bond donors (Lipinski definition) is 2. The number of halogens is 1. The summed E-state index contributed by atoms with van der Waals surface area (Å²) in [6, 6.07) is 16.2. The van der Waals surface area contributed by atoms with Gasteiger partial charge in [-0.1, -0.05) is 17.7 Å². The largest absolute Gasteiger partial charge is 0.423 e. The first-order valence-corrected chi connectivity index (χ1v) is 10.5. The van der Waals surface area contributed by atoms with E-state index in [0.29, 0.717) is 22.0 Å². The molecule has 3 rings (SSSR count). The second-order valence-electron chi connectivity index (χ2n) is 7.27. The number of aryl methyl sites for hydroxylation is 1. The summed E-state index contributed by atoms with van der Waals surface area (Å²) in [4.78, 5) is 46.5. The lowest BCUT2D eigenvalue weighted by atomic mass is 10.1. The van der Waals surface area contributed by atoms with Crippen molar-refractivity contribution in [3.8, 4) is 5.75 Å². The molecule has 0 fully saturated rings. The van der Waals surface area contributed by atoms with Crippen molar-refractivity contribution in [1.82, 2.24) is 5.43 Å². The van der Waals surface area contributed by atoms with Gasteiger partial charge in [0.2, 0.25) is 0 Å². The van der Waals surface area contributed by atoms with Crippen LogP contribution in [0, 0.1) is 17.0 Å². The Labute approximate surface area is 204 Å². The maximum atomic E-state index is 12.2. The third-order valence-corrected chi connectivity index (χ3v) is 5.16. The van der Waals surface area contributed by atoms with Gasteiger partial charge >= 0.3 is 17.8 Å². The van der Waals surface area contributed by atoms with Crippen molar-refractivity contribution in [2.45, 2.75) is 13.8 Å². The van der Waals surface area contributed by atoms with Gasteiger partial charge in [-0.05, 0) is 73.5 Å². The highest BCUT2D eigenvalue weighted by Crippen LogP contribution is 2.20. The quantitative estimate of drug-likeness (QED) is 0.131. The summed E-state index contributed by atoms with van der Waals surface area (Å²) in [6.45, 7) is 3.43. The fourth-order valence-corrected chi connectivity index (χ4v) is 2.94. The van der Waals surface area contributed by atoms with E-state index >= 15 is 0 Å². The van der Waals surface area contributed by atoms with E-state index in [1.54, 1.807) is 31.2 Å². The number of nitrogens with one attached hydrogen (secondary N) is 2. The zero-order valence-corrected chi connectivity index (χ0v) is 19.3. The van der Waals surface area contributed by atoms with Crippen molar-refractivity contribution < 1.29 is 24.0 Å². The molecule has 0 aliphatic rings. The Bertz CT molecular complexity index is 1320. The second-order valence-corrected chi connectivity index (χ2v) is 7.68. The summed E-state index contributed by atoms with van der Waals surface area (Å²) in [5.74, 6) is -2.30. The number of amides is 2. The Morgan fingerprint density at radius 2 is 1.57 bits per heavy atom. The van der Waals surface area contributed by atoms with Crippen molar-refractivity contribution in [2.24, 2.45) is 5.10 Å². The highest BCUT2D eigenvalue weighted by Gasteiger charge is 2.14. The highest BCUT2D eigenvalue weighted by molar-refractivity contribution is 6.40. The van der Waals surface area contributed by atoms with Gasteiger partial charge in [0, 0.05) is 22.8 Å². The molecule has 0 bridgehead atoms. The molecule has 0 saturated carbocycles. The Hall–Kier alpha value is -4.57. The van der Waals surface area contributed by atoms with E-state index < -0.39 is 22.7 Å². The van der Waals surface area contributed by atoms with Gasteiger partial charge in [0.25, 0.3) is 5.69 Å². The summed E-state index contributed by atoms with van der Waals surface area (Å²) < 4.78 is 5.26. The standard InChI is InChI=1S/C24H19ClN4O6/c1-14-3-8-18(13-21(14)25)26-22(30)23(31)28-27-15(2)16-6-11-20(12-7-16)35-24(32)17-4-9-19(10-5-17)29(33)34/h3-13H,1-2H3,(H,26,30)(H,28,31)/b27-15+. The van der Waals surface area contributed by atoms with Crippen LogP contribution in [0.3, 0.4) is 0 Å². The van der Waals surface area contributed by atoms with Gasteiger partial charge in [-0.2, -0.15) is 5.10 Å². The predicted molar refractivity (Wildman–Crippen MR) is 130 cm³/mol. The van der Waals surface area contributed by atoms with Crippen molar-refractivity contribution in [1.29, 1.82) is 0 Å². The lowest BCUT2D eigenvalue weighted by Crippen LogP contribution is -2.32. The SMILES string of the molecule is C/C(=N\NC(=O)C(=O)Nc1ccc(C)c(Cl)c1)c1ccc(OC(=O)c2ccc([N+](=O)[O-])cc2)cc1. The molecule has 0 radical (unpaired) electrons. The number of nitro groups is 1. The van der Waals surface area contributed by atoms with Crippen LogP contribution in [0.25, 0.3) is 0 Å². The molecule has 178 valence electrons. The molecule has 3 aromatic carbocycles. The topological polar surface area (TPSA) is 140 Å². The minimum absolute atomic E-state index is 0.134. The van der Waals surface area contributed by atoms with Crippen LogP contribution in [0.15, 0.2) is 71.8 Å². The molecule has 0 heterocycles. The molecule has 11 heteroatoms. The molecule has 0 saturated heterocycles. The number of non-ortho nitro benzene ring substituents is 1. The monoisotopic (exact) mass is 494 g/mol. The number of hydrogen-bond acceptors (Lipinski definition) is 7. The summed E-state index contributed by atoms with van der Waals surface area (Å²) in [5, 5.41) is 17.5. The smallest absolute Gasteiger partial charge is 0.343 e. The summed E-state index contributed by atoms with van der Waals surface area (Å²) in [6.07, 6.45) is 0. The first kappa shape index (κ1) is 25.1. The Balaban J connectivity index is 1.56. The van der Waals surface area contributed by atoms with E-state index in [9.17, 15) is 24.5 Å². The number of hydrazone groups is 1. The molecule has 0 unspecified atom stereocenters. The van der Waals surface area contributed by atoms with E-state index in [0.717, 1.165) is 5.56 Å². The molecule has 0 spiro atoms. The number of rotatable bonds is 6. The summed E-state index contributed by atoms with van der Waals surface area (Å²) in [5.41, 5.74) is 4.42. The third kappa shape index (κ3) is 6.71. The van der Waals surface area contributed by atoms with Crippen LogP contribution in [0.2, 0.25) is 5.02 Å². The van der Waals surface area contributed by atoms with Crippen LogP contribution in [0.1, 0.15) is 28.4 Å². The molecule has 0 aliphatic heterocycles. The molecule has 35 heavy (non-hydrogen) atoms. The molecule has 2 N–H and O–H groups in total. The van der Waals surface area contributed by atoms with Crippen molar-refractivity contribution >= 4 is 46.5 Å². The molecule has 10 nitrogen and oxygen atoms in total. The average molecular weight is 495 g/mol. The van der Waals surface area contributed by atoms with Gasteiger partial charge in [0.1, 0.15) is 5.75 Å². The van der Waals surface area contributed by atoms with E-state index in [4.69, 9.17) is 16.3 Å². The number of nitro benzene ring substituents is 1. The summed E-state index contributed by atoms with van der Waals surface area (Å²) in [7, 11) is 0. The van der Waals surface area contributed by atoms with Gasteiger partial charge in [-0.3, -0.25) is 19.7 Å². The molecule has 0 aromatic heterocycles. The predicted octanol–water partition coefficient (Wildman–Crippen LogP) is 4.25. The van der Waals surface area contributed by atoms with Crippen LogP contribution >= 0.6 is 11.6 Å². The van der Waals surface area contributed by atoms with Crippen LogP contribution < -0.4 is 15.5 Å². The molecule has 2 amide bonds. The van der Waals surface area contributed by atoms with Gasteiger partial charge < -0.3 is 10.1 Å². The molecular weight excluding hydrogens is 476 g/mol. The second kappa shape index (κ2) is 11.0. The average Bonchev–Trinajstić information content (AvgIpc) is 2.85. The van der Waals surface area contributed by atoms with Gasteiger partial charge in [-0.25, -0.2) is 10.2 Å². The number of anilines is 1. The molecule has 3 aromatic rings. The highest BCUT2D eigenvalue weighted by atomic mass is 35.5. The first-order valence-electron chi connectivity index (χ1n) is 10.1. The lowest BCUT2D eigenvalue weighted by Gasteiger charge is -2.07. The Morgan fingerprint density at radius 3 is 2.17 bits per heavy atom. The Kier molecular flexibility index (Phi) is 7.90. The third-order valence-electron chi connectivity index (χ3n) is 4.76. The number of carbonyl (C=O) groups excluding carboxylic acids is 3. The van der Waals surface area contributed by atoms with E-state index in [1.165, 1.54) is 42.5 Å². The maximum Gasteiger partial charge on any atom is 0.343 e. The van der Waals surface area contributed by atoms with Crippen LogP contribution in [0.4, 0.5) is 11.4 Å². The minimum atomic E-state index is -0.963. The number of carbonyl (C=O) groups is 3. The van der Waals surface area contributed by atoms with Crippen LogP contribution in [-0.2, 0) is 9.59 Å². The summed E-state index contributed by atoms with van der Waals surface area (Å²) >= 11 is 6.01. The van der Waals surface area contributed by atoms with E-state index in [-0.39, 0.29) is 17.0 Å². The van der Waals surface area contributed by atoms with Crippen molar-refractivity contribution in [3.63, 3.8) is 0 Å². The molecular formula is C24H19ClN4O6. The first-order chi connectivity index (χ1) is 16.6. The zero-order valence-electron chi connectivity index (χ0n) is 18.6. The molecule has 0 atom stereocenters. The van der Waals surface area contributed by atoms with Crippen molar-refractivity contribution in [2.75, 3.05) is 5.32 Å². The van der Waals surface area contributed by atoms with Crippen molar-refractivity contribution in [3.05, 3.63) is 98.6 Å². The Morgan fingerprint density at radius 1 is 0.943 bits per heavy atom. The minimum Gasteiger partial charge on any atom is -0.423 e. The number of benzene rings is 3. The van der Waals surface area contributed by atoms with Crippen LogP contribution in [-0.4, -0.2) is 28.4 Å². The lowest BCUT2D eigenvalue weighted by molar-refractivity contribution is -0.384. The molecule has 0 aliphatic carbocycles. The number of esters is 1. The van der Waals surface area contributed by atoms with Crippen LogP contribution in [0.5, 0.6) is 5.75 Å². The maximum absolute atomic E-state index is 12.2. The normalized spacial score (nSPS) is 10.9. The van der Waals surface area contributed by atoms with E-state index in [2.05, 4.69) is 15.8 Å². The van der Waals surface area contributed by atoms with Gasteiger partial charge in [0.15, 0.2) is 0 Å². The number of ether oxygens (including phenoxy) is 1. The van der Waals surface area contributed by atoms with E-state index in [1.807, 2.05) is 6.92 Å². The fourth-order valence-electron chi connectivity index (χ4n) is 2.76. The number of nitrogens with zero attached hydrogens (tertiary/aromatic N) is 2. The van der Waals surface area contributed by atoms with Gasteiger partial charge in [0.05, 0.1) is 16.2 Å². The fraction of sp³-hybridized carbons (Fsp3) is 0.0833.